The van der Waals surface area contributed by atoms with Gasteiger partial charge in [0.2, 0.25) is 0 Å². The van der Waals surface area contributed by atoms with Crippen molar-refractivity contribution < 1.29 is 4.79 Å². The van der Waals surface area contributed by atoms with Gasteiger partial charge in [0.15, 0.2) is 0 Å². The molecule has 3 rings (SSSR count). The molecule has 0 aliphatic carbocycles. The Morgan fingerprint density at radius 1 is 1.04 bits per heavy atom. The molecule has 1 N–H and O–H groups in total. The molecule has 4 nitrogen and oxygen atoms in total. The van der Waals surface area contributed by atoms with Crippen LogP contribution in [0.25, 0.3) is 0 Å². The number of halogens is 1. The predicted octanol–water partition coefficient (Wildman–Crippen LogP) is 3.60. The van der Waals surface area contributed by atoms with E-state index < -0.39 is 0 Å². The van der Waals surface area contributed by atoms with Crippen molar-refractivity contribution in [3.05, 3.63) is 57.2 Å². The Kier molecular flexibility index (Phi) is 5.40. The zero-order chi connectivity index (χ0) is 17.1. The molecular weight excluding hydrogens is 413 g/mol. The molecule has 2 aromatic carbocycles. The van der Waals surface area contributed by atoms with Gasteiger partial charge in [-0.05, 0) is 84.6 Å². The second-order valence-electron chi connectivity index (χ2n) is 6.25. The number of benzene rings is 2. The summed E-state index contributed by atoms with van der Waals surface area (Å²) in [5, 5.41) is 3.02. The number of likely N-dealkylation sites (N-methyl/N-ethyl adjacent to an activating group) is 1. The fraction of sp³-hybridized carbons (Fsp3) is 0.316. The van der Waals surface area contributed by atoms with Gasteiger partial charge in [0.1, 0.15) is 0 Å². The molecule has 0 bridgehead atoms. The number of nitrogens with zero attached hydrogens (tertiary/aromatic N) is 2. The monoisotopic (exact) mass is 435 g/mol. The minimum Gasteiger partial charge on any atom is -0.369 e. The topological polar surface area (TPSA) is 35.6 Å². The zero-order valence-corrected chi connectivity index (χ0v) is 16.2. The van der Waals surface area contributed by atoms with Gasteiger partial charge in [0.05, 0.1) is 0 Å². The average Bonchev–Trinajstić information content (AvgIpc) is 2.58. The Labute approximate surface area is 157 Å². The Morgan fingerprint density at radius 2 is 1.71 bits per heavy atom. The number of rotatable bonds is 3. The highest BCUT2D eigenvalue weighted by Crippen LogP contribution is 2.24. The minimum absolute atomic E-state index is 0.0677. The molecule has 24 heavy (non-hydrogen) atoms. The van der Waals surface area contributed by atoms with Crippen molar-refractivity contribution >= 4 is 39.9 Å². The van der Waals surface area contributed by atoms with Gasteiger partial charge in [0.25, 0.3) is 5.91 Å². The molecule has 126 valence electrons. The van der Waals surface area contributed by atoms with Gasteiger partial charge in [-0.3, -0.25) is 4.79 Å². The lowest BCUT2D eigenvalue weighted by atomic mass is 10.1. The van der Waals surface area contributed by atoms with Gasteiger partial charge >= 0.3 is 0 Å². The number of amides is 1. The summed E-state index contributed by atoms with van der Waals surface area (Å²) < 4.78 is 1.12. The van der Waals surface area contributed by atoms with Crippen LogP contribution in [-0.4, -0.2) is 44.0 Å². The van der Waals surface area contributed by atoms with Gasteiger partial charge in [0, 0.05) is 46.7 Å². The zero-order valence-electron chi connectivity index (χ0n) is 14.1. The van der Waals surface area contributed by atoms with Crippen LogP contribution in [0.1, 0.15) is 15.9 Å². The maximum atomic E-state index is 12.4. The lowest BCUT2D eigenvalue weighted by Gasteiger charge is -2.34. The van der Waals surface area contributed by atoms with Crippen LogP contribution in [0.15, 0.2) is 42.5 Å². The third-order valence-corrected chi connectivity index (χ3v) is 5.15. The van der Waals surface area contributed by atoms with Crippen LogP contribution in [0.4, 0.5) is 11.4 Å². The van der Waals surface area contributed by atoms with E-state index in [-0.39, 0.29) is 5.91 Å². The van der Waals surface area contributed by atoms with E-state index >= 15 is 0 Å². The molecule has 1 aliphatic rings. The summed E-state index contributed by atoms with van der Waals surface area (Å²) in [6.45, 7) is 6.31. The number of carbonyl (C=O) groups excluding carboxylic acids is 1. The summed E-state index contributed by atoms with van der Waals surface area (Å²) in [5.41, 5.74) is 3.87. The maximum Gasteiger partial charge on any atom is 0.255 e. The highest BCUT2D eigenvalue weighted by Gasteiger charge is 2.15. The first-order chi connectivity index (χ1) is 11.5. The Bertz CT molecular complexity index is 722. The number of nitrogens with one attached hydrogen (secondary N) is 1. The van der Waals surface area contributed by atoms with Crippen molar-refractivity contribution in [2.75, 3.05) is 43.4 Å². The van der Waals surface area contributed by atoms with Crippen LogP contribution in [0.2, 0.25) is 0 Å². The van der Waals surface area contributed by atoms with Crippen LogP contribution >= 0.6 is 22.6 Å². The molecule has 0 saturated carbocycles. The van der Waals surface area contributed by atoms with Gasteiger partial charge in [-0.15, -0.1) is 0 Å². The number of piperazine rings is 1. The molecular formula is C19H22IN3O. The Balaban J connectivity index is 1.70. The molecule has 0 radical (unpaired) electrons. The van der Waals surface area contributed by atoms with Crippen LogP contribution in [0.3, 0.4) is 0 Å². The number of hydrogen-bond donors (Lipinski definition) is 1. The first-order valence-corrected chi connectivity index (χ1v) is 9.22. The van der Waals surface area contributed by atoms with E-state index in [0.717, 1.165) is 41.0 Å². The van der Waals surface area contributed by atoms with E-state index in [1.807, 2.05) is 37.3 Å². The molecule has 2 aromatic rings. The van der Waals surface area contributed by atoms with E-state index in [0.29, 0.717) is 5.56 Å². The van der Waals surface area contributed by atoms with E-state index in [1.54, 1.807) is 0 Å². The maximum absolute atomic E-state index is 12.4. The first-order valence-electron chi connectivity index (χ1n) is 8.14. The van der Waals surface area contributed by atoms with Crippen LogP contribution < -0.4 is 10.2 Å². The van der Waals surface area contributed by atoms with Crippen LogP contribution in [0, 0.1) is 10.5 Å². The van der Waals surface area contributed by atoms with Crippen molar-refractivity contribution in [3.63, 3.8) is 0 Å². The standard InChI is InChI=1S/C19H22IN3O/c1-14-13-17(23-11-9-22(2)10-12-23)7-8-18(14)21-19(24)15-3-5-16(20)6-4-15/h3-8,13H,9-12H2,1-2H3,(H,21,24). The van der Waals surface area contributed by atoms with E-state index in [2.05, 4.69) is 56.9 Å². The minimum atomic E-state index is -0.0677. The van der Waals surface area contributed by atoms with Crippen molar-refractivity contribution in [2.45, 2.75) is 6.92 Å². The quantitative estimate of drug-likeness (QED) is 0.749. The lowest BCUT2D eigenvalue weighted by Crippen LogP contribution is -2.44. The third kappa shape index (κ3) is 4.08. The molecule has 1 saturated heterocycles. The van der Waals surface area contributed by atoms with Crippen molar-refractivity contribution in [3.8, 4) is 0 Å². The number of aryl methyl sites for hydroxylation is 1. The van der Waals surface area contributed by atoms with E-state index in [9.17, 15) is 4.79 Å². The molecule has 0 aromatic heterocycles. The fourth-order valence-corrected chi connectivity index (χ4v) is 3.20. The second-order valence-corrected chi connectivity index (χ2v) is 7.50. The summed E-state index contributed by atoms with van der Waals surface area (Å²) in [7, 11) is 2.16. The normalized spacial score (nSPS) is 15.4. The molecule has 1 heterocycles. The Hall–Kier alpha value is -1.60. The van der Waals surface area contributed by atoms with E-state index in [4.69, 9.17) is 0 Å². The van der Waals surface area contributed by atoms with Gasteiger partial charge in [-0.2, -0.15) is 0 Å². The summed E-state index contributed by atoms with van der Waals surface area (Å²) in [5.74, 6) is -0.0677. The van der Waals surface area contributed by atoms with Crippen molar-refractivity contribution in [1.29, 1.82) is 0 Å². The molecule has 1 fully saturated rings. The molecule has 5 heteroatoms. The lowest BCUT2D eigenvalue weighted by molar-refractivity contribution is 0.102. The average molecular weight is 435 g/mol. The first kappa shape index (κ1) is 17.2. The van der Waals surface area contributed by atoms with Gasteiger partial charge < -0.3 is 15.1 Å². The SMILES string of the molecule is Cc1cc(N2CCN(C)CC2)ccc1NC(=O)c1ccc(I)cc1. The van der Waals surface area contributed by atoms with Gasteiger partial charge in [-0.25, -0.2) is 0 Å². The number of carbonyl (C=O) groups is 1. The molecule has 1 aliphatic heterocycles. The van der Waals surface area contributed by atoms with Crippen molar-refractivity contribution in [2.24, 2.45) is 0 Å². The second kappa shape index (κ2) is 7.53. The summed E-state index contributed by atoms with van der Waals surface area (Å²) >= 11 is 2.24. The van der Waals surface area contributed by atoms with Crippen LogP contribution in [-0.2, 0) is 0 Å². The van der Waals surface area contributed by atoms with Crippen molar-refractivity contribution in [1.82, 2.24) is 4.90 Å². The van der Waals surface area contributed by atoms with Crippen LogP contribution in [0.5, 0.6) is 0 Å². The number of anilines is 2. The fourth-order valence-electron chi connectivity index (χ4n) is 2.85. The van der Waals surface area contributed by atoms with E-state index in [1.165, 1.54) is 5.69 Å². The molecule has 0 atom stereocenters. The molecule has 1 amide bonds. The summed E-state index contributed by atoms with van der Waals surface area (Å²) in [6, 6.07) is 13.9. The largest absolute Gasteiger partial charge is 0.369 e. The summed E-state index contributed by atoms with van der Waals surface area (Å²) in [6.07, 6.45) is 0. The van der Waals surface area contributed by atoms with Gasteiger partial charge in [-0.1, -0.05) is 0 Å². The highest BCUT2D eigenvalue weighted by molar-refractivity contribution is 14.1. The predicted molar refractivity (Wildman–Crippen MR) is 108 cm³/mol. The molecule has 0 unspecified atom stereocenters. The number of hydrogen-bond acceptors (Lipinski definition) is 3. The third-order valence-electron chi connectivity index (χ3n) is 4.43. The Morgan fingerprint density at radius 3 is 2.33 bits per heavy atom. The summed E-state index contributed by atoms with van der Waals surface area (Å²) in [4.78, 5) is 17.1. The smallest absolute Gasteiger partial charge is 0.255 e. The highest BCUT2D eigenvalue weighted by atomic mass is 127. The molecule has 0 spiro atoms.